The highest BCUT2D eigenvalue weighted by Gasteiger charge is 2.71. The quantitative estimate of drug-likeness (QED) is 0.649. The molecule has 6 nitrogen and oxygen atoms in total. The second kappa shape index (κ2) is 5.83. The van der Waals surface area contributed by atoms with Crippen molar-refractivity contribution >= 4 is 18.0 Å². The number of esters is 2. The minimum atomic E-state index is -1.68. The summed E-state index contributed by atoms with van der Waals surface area (Å²) in [6.07, 6.45) is 11.0. The summed E-state index contributed by atoms with van der Waals surface area (Å²) in [6, 6.07) is 1.83. The fourth-order valence-corrected chi connectivity index (χ4v) is 5.50. The molecule has 0 amide bonds. The highest BCUT2D eigenvalue weighted by molar-refractivity contribution is 5.86. The maximum atomic E-state index is 12.6. The average Bonchev–Trinajstić information content (AvgIpc) is 3.15. The van der Waals surface area contributed by atoms with E-state index in [0.717, 1.165) is 5.56 Å². The van der Waals surface area contributed by atoms with Crippen LogP contribution in [0.5, 0.6) is 0 Å². The number of furan rings is 1. The summed E-state index contributed by atoms with van der Waals surface area (Å²) in [5, 5.41) is 11.2. The largest absolute Gasteiger partial charge is 0.472 e. The van der Waals surface area contributed by atoms with E-state index in [-0.39, 0.29) is 11.9 Å². The molecule has 1 aromatic rings. The number of aliphatic hydroxyl groups is 1. The molecule has 2 aliphatic carbocycles. The maximum Gasteiger partial charge on any atom is 0.343 e. The Morgan fingerprint density at radius 3 is 2.81 bits per heavy atom. The zero-order chi connectivity index (χ0) is 19.4. The minimum Gasteiger partial charge on any atom is -0.472 e. The zero-order valence-electron chi connectivity index (χ0n) is 15.7. The van der Waals surface area contributed by atoms with Crippen molar-refractivity contribution in [2.24, 2.45) is 22.7 Å². The molecular formula is C21H24O6. The Balaban J connectivity index is 1.84. The molecule has 1 N–H and O–H groups in total. The zero-order valence-corrected chi connectivity index (χ0v) is 15.7. The van der Waals surface area contributed by atoms with Crippen molar-refractivity contribution in [1.29, 1.82) is 0 Å². The lowest BCUT2D eigenvalue weighted by Gasteiger charge is -2.63. The number of allylic oxidation sites excluding steroid dienone is 1. The van der Waals surface area contributed by atoms with Gasteiger partial charge in [0, 0.05) is 22.3 Å². The summed E-state index contributed by atoms with van der Waals surface area (Å²) in [4.78, 5) is 25.0. The third-order valence-corrected chi connectivity index (χ3v) is 7.00. The van der Waals surface area contributed by atoms with Gasteiger partial charge < -0.3 is 19.0 Å². The van der Waals surface area contributed by atoms with Gasteiger partial charge >= 0.3 is 11.9 Å². The van der Waals surface area contributed by atoms with Crippen LogP contribution in [0.25, 0.3) is 6.08 Å². The van der Waals surface area contributed by atoms with Crippen LogP contribution in [-0.4, -0.2) is 35.9 Å². The van der Waals surface area contributed by atoms with Crippen LogP contribution in [0.15, 0.2) is 41.2 Å². The molecular weight excluding hydrogens is 348 g/mol. The number of hydrogen-bond acceptors (Lipinski definition) is 6. The van der Waals surface area contributed by atoms with Crippen LogP contribution < -0.4 is 0 Å². The van der Waals surface area contributed by atoms with Gasteiger partial charge in [0.1, 0.15) is 6.10 Å². The number of hydrogen-bond donors (Lipinski definition) is 1. The van der Waals surface area contributed by atoms with Crippen LogP contribution in [0.2, 0.25) is 0 Å². The summed E-state index contributed by atoms with van der Waals surface area (Å²) in [5.41, 5.74) is -2.22. The van der Waals surface area contributed by atoms with E-state index in [1.807, 2.05) is 32.1 Å². The Morgan fingerprint density at radius 2 is 2.19 bits per heavy atom. The van der Waals surface area contributed by atoms with E-state index in [9.17, 15) is 14.7 Å². The van der Waals surface area contributed by atoms with E-state index in [1.165, 1.54) is 7.11 Å². The van der Waals surface area contributed by atoms with Crippen molar-refractivity contribution in [3.8, 4) is 0 Å². The predicted octanol–water partition coefficient (Wildman–Crippen LogP) is 2.73. The summed E-state index contributed by atoms with van der Waals surface area (Å²) in [5.74, 6) is -1.57. The van der Waals surface area contributed by atoms with Crippen molar-refractivity contribution in [1.82, 2.24) is 0 Å². The highest BCUT2D eigenvalue weighted by Crippen LogP contribution is 2.65. The Labute approximate surface area is 157 Å². The first-order valence-electron chi connectivity index (χ1n) is 9.18. The third-order valence-electron chi connectivity index (χ3n) is 7.00. The lowest BCUT2D eigenvalue weighted by atomic mass is 9.43. The first-order valence-corrected chi connectivity index (χ1v) is 9.18. The van der Waals surface area contributed by atoms with Gasteiger partial charge in [-0.3, -0.25) is 4.79 Å². The van der Waals surface area contributed by atoms with Crippen molar-refractivity contribution in [2.45, 2.75) is 38.4 Å². The van der Waals surface area contributed by atoms with Gasteiger partial charge in [0.2, 0.25) is 0 Å². The fraction of sp³-hybridized carbons (Fsp3) is 0.524. The van der Waals surface area contributed by atoms with Gasteiger partial charge in [-0.2, -0.15) is 0 Å². The number of fused-ring (bicyclic) bond motifs is 1. The molecule has 0 unspecified atom stereocenters. The van der Waals surface area contributed by atoms with Gasteiger partial charge in [-0.25, -0.2) is 4.79 Å². The van der Waals surface area contributed by atoms with E-state index in [2.05, 4.69) is 0 Å². The minimum absolute atomic E-state index is 0.265. The van der Waals surface area contributed by atoms with E-state index >= 15 is 0 Å². The Bertz CT molecular complexity index is 824. The molecule has 6 heteroatoms. The van der Waals surface area contributed by atoms with E-state index < -0.39 is 34.4 Å². The molecule has 0 spiro atoms. The topological polar surface area (TPSA) is 86.0 Å². The highest BCUT2D eigenvalue weighted by atomic mass is 16.6. The molecule has 144 valence electrons. The molecule has 2 bridgehead atoms. The number of methoxy groups -OCH3 is 1. The SMILES string of the molecule is COC(=O)[C@@H]1CC[C@@]2(C)[C@H]([C@@H]3C=C[C@@]2(O)C(=O)O3)[C@@]1(C)/C=C/c1ccoc1. The summed E-state index contributed by atoms with van der Waals surface area (Å²) >= 11 is 0. The van der Waals surface area contributed by atoms with Crippen LogP contribution in [0.3, 0.4) is 0 Å². The van der Waals surface area contributed by atoms with Crippen LogP contribution >= 0.6 is 0 Å². The molecule has 1 aromatic heterocycles. The van der Waals surface area contributed by atoms with Crippen LogP contribution in [0.4, 0.5) is 0 Å². The van der Waals surface area contributed by atoms with Gasteiger partial charge in [-0.1, -0.05) is 26.0 Å². The molecule has 1 saturated carbocycles. The van der Waals surface area contributed by atoms with Gasteiger partial charge in [0.25, 0.3) is 0 Å². The van der Waals surface area contributed by atoms with Gasteiger partial charge in [0.05, 0.1) is 25.6 Å². The van der Waals surface area contributed by atoms with Gasteiger partial charge in [-0.15, -0.1) is 0 Å². The van der Waals surface area contributed by atoms with Crippen molar-refractivity contribution in [2.75, 3.05) is 7.11 Å². The average molecular weight is 372 g/mol. The molecule has 3 heterocycles. The van der Waals surface area contributed by atoms with Crippen molar-refractivity contribution in [3.05, 3.63) is 42.4 Å². The summed E-state index contributed by atoms with van der Waals surface area (Å²) < 4.78 is 15.7. The van der Waals surface area contributed by atoms with Gasteiger partial charge in [0.15, 0.2) is 5.60 Å². The monoisotopic (exact) mass is 372 g/mol. The van der Waals surface area contributed by atoms with Crippen LogP contribution in [0.1, 0.15) is 32.3 Å². The van der Waals surface area contributed by atoms with Gasteiger partial charge in [-0.05, 0) is 31.1 Å². The smallest absolute Gasteiger partial charge is 0.343 e. The lowest BCUT2D eigenvalue weighted by molar-refractivity contribution is -0.241. The normalized spacial score (nSPS) is 42.8. The predicted molar refractivity (Wildman–Crippen MR) is 96.2 cm³/mol. The number of carbonyl (C=O) groups is 2. The second-order valence-corrected chi connectivity index (χ2v) is 8.26. The molecule has 2 aliphatic heterocycles. The molecule has 27 heavy (non-hydrogen) atoms. The van der Waals surface area contributed by atoms with E-state index in [1.54, 1.807) is 24.7 Å². The number of carbonyl (C=O) groups excluding carboxylic acids is 2. The molecule has 2 fully saturated rings. The van der Waals surface area contributed by atoms with Crippen LogP contribution in [-0.2, 0) is 19.1 Å². The molecule has 5 rings (SSSR count). The Morgan fingerprint density at radius 1 is 1.41 bits per heavy atom. The fourth-order valence-electron chi connectivity index (χ4n) is 5.50. The molecule has 6 atom stereocenters. The number of ether oxygens (including phenoxy) is 2. The molecule has 0 aromatic carbocycles. The summed E-state index contributed by atoms with van der Waals surface area (Å²) in [6.45, 7) is 3.91. The van der Waals surface area contributed by atoms with Crippen LogP contribution in [0, 0.1) is 22.7 Å². The van der Waals surface area contributed by atoms with Crippen molar-refractivity contribution < 1.29 is 28.6 Å². The van der Waals surface area contributed by atoms with Crippen molar-refractivity contribution in [3.63, 3.8) is 0 Å². The summed E-state index contributed by atoms with van der Waals surface area (Å²) in [7, 11) is 1.39. The van der Waals surface area contributed by atoms with E-state index in [0.29, 0.717) is 12.8 Å². The lowest BCUT2D eigenvalue weighted by Crippen LogP contribution is -2.71. The van der Waals surface area contributed by atoms with E-state index in [4.69, 9.17) is 13.9 Å². The second-order valence-electron chi connectivity index (χ2n) is 8.26. The molecule has 4 aliphatic rings. The maximum absolute atomic E-state index is 12.6. The molecule has 0 radical (unpaired) electrons. The first-order chi connectivity index (χ1) is 12.8. The standard InChI is InChI=1S/C21H24O6/c1-19(8-4-13-7-11-26-12-13)14(17(22)25-3)5-9-20(2)16(19)15-6-10-21(20,24)18(23)27-15/h4,6-8,10-12,14-16,24H,5,9H2,1-3H3/b8-4+/t14-,15-,16+,19-,20-,21+/m0/s1. The first kappa shape index (κ1) is 18.0. The molecule has 1 saturated heterocycles. The number of rotatable bonds is 3. The third kappa shape index (κ3) is 2.29. The Hall–Kier alpha value is -2.34. The Kier molecular flexibility index (Phi) is 3.89.